The Bertz CT molecular complexity index is 1140. The van der Waals surface area contributed by atoms with Crippen molar-refractivity contribution in [3.05, 3.63) is 59.8 Å². The van der Waals surface area contributed by atoms with Gasteiger partial charge < -0.3 is 15.2 Å². The number of ether oxygens (including phenoxy) is 1. The van der Waals surface area contributed by atoms with Crippen LogP contribution >= 0.6 is 0 Å². The van der Waals surface area contributed by atoms with Crippen LogP contribution in [0.3, 0.4) is 0 Å². The van der Waals surface area contributed by atoms with Crippen molar-refractivity contribution in [1.82, 2.24) is 10.3 Å². The highest BCUT2D eigenvalue weighted by molar-refractivity contribution is 6.03. The van der Waals surface area contributed by atoms with Crippen LogP contribution < -0.4 is 10.1 Å². The Labute approximate surface area is 156 Å². The topological polar surface area (TPSA) is 88.5 Å². The lowest BCUT2D eigenvalue weighted by atomic mass is 10.1. The number of amides is 1. The predicted molar refractivity (Wildman–Crippen MR) is 97.7 cm³/mol. The molecule has 6 nitrogen and oxygen atoms in total. The molecule has 1 amide bonds. The summed E-state index contributed by atoms with van der Waals surface area (Å²) in [5.41, 5.74) is -0.0764. The standard InChI is InChI=1S/C20H18N2O4/c1-12(23)11-21-20(25)18-19(24)16-9-8-15(10-17(16)13(2)22-18)26-14-6-4-3-5-7-14/h3-10,24H,11H2,1-2H3,(H,21,25)/i2D,3D,6D,7D. The van der Waals surface area contributed by atoms with Gasteiger partial charge in [-0.25, -0.2) is 4.98 Å². The molecule has 0 unspecified atom stereocenters. The maximum atomic E-state index is 12.3. The van der Waals surface area contributed by atoms with E-state index in [9.17, 15) is 14.7 Å². The minimum atomic E-state index is -0.729. The molecule has 3 aromatic rings. The van der Waals surface area contributed by atoms with Crippen LogP contribution in [0.15, 0.2) is 48.5 Å². The summed E-state index contributed by atoms with van der Waals surface area (Å²) in [6, 6.07) is 6.76. The largest absolute Gasteiger partial charge is 0.505 e. The van der Waals surface area contributed by atoms with E-state index in [0.29, 0.717) is 5.39 Å². The summed E-state index contributed by atoms with van der Waals surface area (Å²) in [4.78, 5) is 27.4. The summed E-state index contributed by atoms with van der Waals surface area (Å²) < 4.78 is 36.7. The molecule has 132 valence electrons. The normalized spacial score (nSPS) is 12.7. The van der Waals surface area contributed by atoms with Gasteiger partial charge in [0, 0.05) is 17.8 Å². The fourth-order valence-corrected chi connectivity index (χ4v) is 2.33. The van der Waals surface area contributed by atoms with Crippen LogP contribution in [0.5, 0.6) is 17.2 Å². The number of nitrogens with zero attached hydrogens (tertiary/aromatic N) is 1. The molecule has 2 N–H and O–H groups in total. The SMILES string of the molecule is [2H]Cc1nc(C(=O)NCC(C)=O)c(O)c2ccc(Oc3c([2H])cc([2H])cc3[2H])cc12. The first-order valence-corrected chi connectivity index (χ1v) is 7.69. The Hall–Kier alpha value is -3.41. The zero-order valence-electron chi connectivity index (χ0n) is 17.9. The lowest BCUT2D eigenvalue weighted by Crippen LogP contribution is -2.29. The molecule has 0 spiro atoms. The van der Waals surface area contributed by atoms with Gasteiger partial charge in [-0.1, -0.05) is 18.2 Å². The highest BCUT2D eigenvalue weighted by Crippen LogP contribution is 2.33. The molecule has 0 radical (unpaired) electrons. The summed E-state index contributed by atoms with van der Waals surface area (Å²) >= 11 is 0. The summed E-state index contributed by atoms with van der Waals surface area (Å²) in [5, 5.41) is 13.5. The minimum Gasteiger partial charge on any atom is -0.505 e. The van der Waals surface area contributed by atoms with E-state index in [1.807, 2.05) is 0 Å². The number of Topliss-reactive ketones (excluding diaryl/α,β-unsaturated/α-hetero) is 1. The number of para-hydroxylation sites is 1. The first-order valence-electron chi connectivity index (χ1n) is 9.90. The Morgan fingerprint density at radius 1 is 1.27 bits per heavy atom. The van der Waals surface area contributed by atoms with E-state index < -0.39 is 11.7 Å². The summed E-state index contributed by atoms with van der Waals surface area (Å²) in [5.74, 6) is -1.17. The van der Waals surface area contributed by atoms with Crippen LogP contribution in [0.2, 0.25) is 0 Å². The Morgan fingerprint density at radius 2 is 2.04 bits per heavy atom. The van der Waals surface area contributed by atoms with Gasteiger partial charge in [0.15, 0.2) is 11.4 Å². The Morgan fingerprint density at radius 3 is 2.73 bits per heavy atom. The molecule has 1 heterocycles. The Balaban J connectivity index is 2.04. The lowest BCUT2D eigenvalue weighted by Gasteiger charge is -2.12. The maximum absolute atomic E-state index is 12.3. The van der Waals surface area contributed by atoms with Gasteiger partial charge in [-0.2, -0.15) is 0 Å². The van der Waals surface area contributed by atoms with Crippen molar-refractivity contribution >= 4 is 22.5 Å². The van der Waals surface area contributed by atoms with Crippen LogP contribution in [0, 0.1) is 6.90 Å². The summed E-state index contributed by atoms with van der Waals surface area (Å²) in [6.07, 6.45) is 0. The van der Waals surface area contributed by atoms with E-state index in [1.165, 1.54) is 37.3 Å². The number of rotatable bonds is 5. The van der Waals surface area contributed by atoms with E-state index in [1.54, 1.807) is 0 Å². The molecule has 2 aromatic carbocycles. The van der Waals surface area contributed by atoms with Crippen LogP contribution in [0.4, 0.5) is 0 Å². The van der Waals surface area contributed by atoms with Crippen molar-refractivity contribution in [3.8, 4) is 17.2 Å². The molecule has 3 rings (SSSR count). The molecule has 1 aromatic heterocycles. The van der Waals surface area contributed by atoms with Crippen LogP contribution in [-0.4, -0.2) is 28.3 Å². The second kappa shape index (κ2) is 7.23. The molecule has 6 heteroatoms. The molecule has 0 atom stereocenters. The van der Waals surface area contributed by atoms with Crippen molar-refractivity contribution in [2.75, 3.05) is 6.54 Å². The number of carbonyl (C=O) groups excluding carboxylic acids is 2. The number of hydrogen-bond donors (Lipinski definition) is 2. The molecule has 0 saturated carbocycles. The molecule has 0 aliphatic carbocycles. The number of nitrogens with one attached hydrogen (secondary N) is 1. The van der Waals surface area contributed by atoms with Crippen molar-refractivity contribution in [3.63, 3.8) is 0 Å². The number of hydrogen-bond acceptors (Lipinski definition) is 5. The van der Waals surface area contributed by atoms with Crippen molar-refractivity contribution in [2.24, 2.45) is 0 Å². The third-order valence-corrected chi connectivity index (χ3v) is 3.53. The van der Waals surface area contributed by atoms with Gasteiger partial charge in [0.25, 0.3) is 5.91 Å². The minimum absolute atomic E-state index is 0.0251. The van der Waals surface area contributed by atoms with Gasteiger partial charge in [-0.15, -0.1) is 0 Å². The van der Waals surface area contributed by atoms with Gasteiger partial charge in [-0.05, 0) is 44.1 Å². The number of aromatic hydroxyl groups is 1. The average Bonchev–Trinajstić information content (AvgIpc) is 2.69. The predicted octanol–water partition coefficient (Wildman–Crippen LogP) is 3.36. The van der Waals surface area contributed by atoms with E-state index in [0.717, 1.165) is 0 Å². The van der Waals surface area contributed by atoms with Gasteiger partial charge >= 0.3 is 0 Å². The molecular weight excluding hydrogens is 332 g/mol. The molecular formula is C20H18N2O4. The van der Waals surface area contributed by atoms with Crippen LogP contribution in [-0.2, 0) is 4.79 Å². The average molecular weight is 354 g/mol. The monoisotopic (exact) mass is 354 g/mol. The fourth-order valence-electron chi connectivity index (χ4n) is 2.33. The molecule has 0 bridgehead atoms. The van der Waals surface area contributed by atoms with Crippen molar-refractivity contribution in [1.29, 1.82) is 0 Å². The van der Waals surface area contributed by atoms with Gasteiger partial charge in [-0.3, -0.25) is 9.59 Å². The molecule has 0 aliphatic heterocycles. The van der Waals surface area contributed by atoms with E-state index in [4.69, 9.17) is 10.2 Å². The van der Waals surface area contributed by atoms with Crippen LogP contribution in [0.25, 0.3) is 10.8 Å². The van der Waals surface area contributed by atoms with Gasteiger partial charge in [0.1, 0.15) is 17.3 Å². The number of fused-ring (bicyclic) bond motifs is 1. The summed E-state index contributed by atoms with van der Waals surface area (Å²) in [6.45, 7) is 0.823. The second-order valence-electron chi connectivity index (χ2n) is 5.52. The zero-order chi connectivity index (χ0) is 22.0. The van der Waals surface area contributed by atoms with Crippen molar-refractivity contribution < 1.29 is 24.9 Å². The molecule has 0 fully saturated rings. The second-order valence-corrected chi connectivity index (χ2v) is 5.52. The summed E-state index contributed by atoms with van der Waals surface area (Å²) in [7, 11) is 0. The number of pyridine rings is 1. The highest BCUT2D eigenvalue weighted by atomic mass is 16.5. The first kappa shape index (κ1) is 12.9. The molecule has 0 aliphatic rings. The third kappa shape index (κ3) is 3.64. The number of aryl methyl sites for hydroxylation is 1. The van der Waals surface area contributed by atoms with Crippen LogP contribution in [0.1, 0.15) is 28.6 Å². The maximum Gasteiger partial charge on any atom is 0.274 e. The first-order chi connectivity index (χ1) is 14.2. The quantitative estimate of drug-likeness (QED) is 0.733. The van der Waals surface area contributed by atoms with E-state index >= 15 is 0 Å². The smallest absolute Gasteiger partial charge is 0.274 e. The zero-order valence-corrected chi connectivity index (χ0v) is 13.9. The number of carbonyl (C=O) groups is 2. The third-order valence-electron chi connectivity index (χ3n) is 3.53. The van der Waals surface area contributed by atoms with E-state index in [-0.39, 0.29) is 65.6 Å². The number of aromatic nitrogens is 1. The number of benzene rings is 2. The highest BCUT2D eigenvalue weighted by Gasteiger charge is 2.18. The van der Waals surface area contributed by atoms with Gasteiger partial charge in [0.05, 0.1) is 10.7 Å². The number of ketones is 1. The molecule has 26 heavy (non-hydrogen) atoms. The Kier molecular flexibility index (Phi) is 3.58. The fraction of sp³-hybridized carbons (Fsp3) is 0.150. The van der Waals surface area contributed by atoms with Gasteiger partial charge in [0.2, 0.25) is 0 Å². The lowest BCUT2D eigenvalue weighted by molar-refractivity contribution is -0.116. The van der Waals surface area contributed by atoms with E-state index in [2.05, 4.69) is 10.3 Å². The van der Waals surface area contributed by atoms with Crippen molar-refractivity contribution in [2.45, 2.75) is 13.8 Å². The molecule has 0 saturated heterocycles.